The number of carbonyl (C=O) groups excluding carboxylic acids is 1. The molecule has 2 aromatic carbocycles. The Labute approximate surface area is 147 Å². The van der Waals surface area contributed by atoms with Gasteiger partial charge in [-0.15, -0.1) is 0 Å². The van der Waals surface area contributed by atoms with Crippen molar-refractivity contribution in [2.45, 2.75) is 0 Å². The Bertz CT molecular complexity index is 883. The summed E-state index contributed by atoms with van der Waals surface area (Å²) in [6, 6.07) is 12.2. The van der Waals surface area contributed by atoms with Crippen LogP contribution in [0.1, 0.15) is 15.9 Å². The Morgan fingerprint density at radius 2 is 2.00 bits per heavy atom. The van der Waals surface area contributed by atoms with Crippen molar-refractivity contribution in [2.24, 2.45) is 0 Å². The highest BCUT2D eigenvalue weighted by molar-refractivity contribution is 9.10. The van der Waals surface area contributed by atoms with E-state index in [2.05, 4.69) is 15.9 Å². The minimum absolute atomic E-state index is 0.000865. The van der Waals surface area contributed by atoms with Gasteiger partial charge in [-0.25, -0.2) is 0 Å². The van der Waals surface area contributed by atoms with Crippen molar-refractivity contribution in [3.8, 4) is 23.3 Å². The van der Waals surface area contributed by atoms with Gasteiger partial charge in [-0.05, 0) is 35.9 Å². The molecule has 2 aromatic rings. The number of ether oxygens (including phenoxy) is 3. The molecule has 5 nitrogen and oxygen atoms in total. The minimum Gasteiger partial charge on any atom is -0.496 e. The molecule has 6 heteroatoms. The van der Waals surface area contributed by atoms with E-state index in [1.807, 2.05) is 6.07 Å². The lowest BCUT2D eigenvalue weighted by Crippen LogP contribution is -2.04. The number of methoxy groups -OCH3 is 1. The predicted molar refractivity (Wildman–Crippen MR) is 91.2 cm³/mol. The molecule has 0 saturated carbocycles. The summed E-state index contributed by atoms with van der Waals surface area (Å²) >= 11 is 3.42. The zero-order valence-electron chi connectivity index (χ0n) is 12.7. The monoisotopic (exact) mass is 385 g/mol. The van der Waals surface area contributed by atoms with Gasteiger partial charge in [0.05, 0.1) is 12.7 Å². The van der Waals surface area contributed by atoms with Crippen molar-refractivity contribution in [3.05, 3.63) is 57.6 Å². The molecule has 0 atom stereocenters. The number of benzene rings is 2. The Morgan fingerprint density at radius 1 is 1.29 bits per heavy atom. The summed E-state index contributed by atoms with van der Waals surface area (Å²) in [5.74, 6) is 1.22. The minimum atomic E-state index is -0.403. The Kier molecular flexibility index (Phi) is 4.54. The van der Waals surface area contributed by atoms with Crippen LogP contribution < -0.4 is 14.2 Å². The molecule has 0 saturated heterocycles. The number of ketones is 1. The number of allylic oxidation sites excluding steroid dienone is 1. The third kappa shape index (κ3) is 2.99. The normalized spacial score (nSPS) is 12.6. The number of hydrogen-bond acceptors (Lipinski definition) is 5. The van der Waals surface area contributed by atoms with Crippen LogP contribution in [-0.2, 0) is 0 Å². The number of carbonyl (C=O) groups is 1. The van der Waals surface area contributed by atoms with Gasteiger partial charge in [-0.1, -0.05) is 28.1 Å². The van der Waals surface area contributed by atoms with Crippen molar-refractivity contribution in [2.75, 3.05) is 13.9 Å². The summed E-state index contributed by atoms with van der Waals surface area (Å²) in [6.07, 6.45) is 1.51. The first-order chi connectivity index (χ1) is 11.6. The van der Waals surface area contributed by atoms with E-state index in [0.29, 0.717) is 32.8 Å². The number of halogens is 1. The molecule has 1 heterocycles. The summed E-state index contributed by atoms with van der Waals surface area (Å²) in [7, 11) is 1.48. The maximum atomic E-state index is 12.7. The molecule has 1 aliphatic heterocycles. The molecule has 24 heavy (non-hydrogen) atoms. The number of nitriles is 1. The molecular formula is C18H12BrNO4. The summed E-state index contributed by atoms with van der Waals surface area (Å²) in [5.41, 5.74) is 0.989. The second kappa shape index (κ2) is 6.77. The van der Waals surface area contributed by atoms with Gasteiger partial charge in [0.25, 0.3) is 0 Å². The van der Waals surface area contributed by atoms with Gasteiger partial charge >= 0.3 is 0 Å². The summed E-state index contributed by atoms with van der Waals surface area (Å²) in [4.78, 5) is 12.7. The van der Waals surface area contributed by atoms with Crippen molar-refractivity contribution >= 4 is 27.8 Å². The maximum Gasteiger partial charge on any atom is 0.231 e. The molecule has 120 valence electrons. The van der Waals surface area contributed by atoms with Gasteiger partial charge in [0.1, 0.15) is 17.4 Å². The molecule has 0 spiro atoms. The van der Waals surface area contributed by atoms with Crippen LogP contribution in [0.2, 0.25) is 0 Å². The zero-order valence-corrected chi connectivity index (χ0v) is 14.3. The lowest BCUT2D eigenvalue weighted by molar-refractivity contribution is 0.103. The van der Waals surface area contributed by atoms with Gasteiger partial charge in [0, 0.05) is 4.47 Å². The molecule has 3 rings (SSSR count). The van der Waals surface area contributed by atoms with Gasteiger partial charge < -0.3 is 14.2 Å². The molecule has 0 aliphatic carbocycles. The van der Waals surface area contributed by atoms with Crippen LogP contribution in [0.25, 0.3) is 6.08 Å². The first kappa shape index (κ1) is 16.1. The van der Waals surface area contributed by atoms with E-state index in [4.69, 9.17) is 14.2 Å². The molecule has 0 unspecified atom stereocenters. The summed E-state index contributed by atoms with van der Waals surface area (Å²) < 4.78 is 16.5. The lowest BCUT2D eigenvalue weighted by atomic mass is 10.0. The Balaban J connectivity index is 2.02. The number of Topliss-reactive ketones (excluding diaryl/α,β-unsaturated/α-hetero) is 1. The average Bonchev–Trinajstić information content (AvgIpc) is 3.06. The van der Waals surface area contributed by atoms with Crippen molar-refractivity contribution in [3.63, 3.8) is 0 Å². The molecule has 0 fully saturated rings. The topological polar surface area (TPSA) is 68.6 Å². The molecule has 0 N–H and O–H groups in total. The number of fused-ring (bicyclic) bond motifs is 1. The fourth-order valence-corrected chi connectivity index (χ4v) is 2.76. The molecule has 0 radical (unpaired) electrons. The van der Waals surface area contributed by atoms with Crippen LogP contribution in [0.3, 0.4) is 0 Å². The van der Waals surface area contributed by atoms with Gasteiger partial charge in [0.2, 0.25) is 12.6 Å². The standard InChI is InChI=1S/C18H12BrNO4/c1-22-15-5-3-2-4-13(15)18(21)12(9-20)6-11-7-16-17(8-14(11)19)24-10-23-16/h2-8H,10H2,1H3/b12-6+. The molecule has 0 aromatic heterocycles. The van der Waals surface area contributed by atoms with E-state index in [-0.39, 0.29) is 12.4 Å². The van der Waals surface area contributed by atoms with E-state index < -0.39 is 5.78 Å². The number of nitrogens with zero attached hydrogens (tertiary/aromatic N) is 1. The summed E-state index contributed by atoms with van der Waals surface area (Å²) in [6.45, 7) is 0.153. The van der Waals surface area contributed by atoms with E-state index in [1.165, 1.54) is 13.2 Å². The Morgan fingerprint density at radius 3 is 2.71 bits per heavy atom. The first-order valence-corrected chi connectivity index (χ1v) is 7.82. The number of hydrogen-bond donors (Lipinski definition) is 0. The molecule has 0 bridgehead atoms. The van der Waals surface area contributed by atoms with Crippen LogP contribution >= 0.6 is 15.9 Å². The highest BCUT2D eigenvalue weighted by Gasteiger charge is 2.19. The van der Waals surface area contributed by atoms with E-state index in [9.17, 15) is 10.1 Å². The van der Waals surface area contributed by atoms with E-state index in [0.717, 1.165) is 0 Å². The van der Waals surface area contributed by atoms with Crippen LogP contribution in [0.5, 0.6) is 17.2 Å². The second-order valence-electron chi connectivity index (χ2n) is 4.93. The van der Waals surface area contributed by atoms with Crippen molar-refractivity contribution in [1.82, 2.24) is 0 Å². The molecular weight excluding hydrogens is 374 g/mol. The third-order valence-electron chi connectivity index (χ3n) is 3.51. The van der Waals surface area contributed by atoms with E-state index >= 15 is 0 Å². The Hall–Kier alpha value is -2.78. The second-order valence-corrected chi connectivity index (χ2v) is 5.78. The lowest BCUT2D eigenvalue weighted by Gasteiger charge is -2.07. The average molecular weight is 386 g/mol. The maximum absolute atomic E-state index is 12.7. The van der Waals surface area contributed by atoms with E-state index in [1.54, 1.807) is 36.4 Å². The predicted octanol–water partition coefficient (Wildman–Crippen LogP) is 3.98. The van der Waals surface area contributed by atoms with Crippen LogP contribution in [0, 0.1) is 11.3 Å². The van der Waals surface area contributed by atoms with Gasteiger partial charge in [-0.3, -0.25) is 4.79 Å². The first-order valence-electron chi connectivity index (χ1n) is 7.02. The third-order valence-corrected chi connectivity index (χ3v) is 4.20. The highest BCUT2D eigenvalue weighted by atomic mass is 79.9. The molecule has 0 amide bonds. The van der Waals surface area contributed by atoms with Crippen LogP contribution in [0.15, 0.2) is 46.4 Å². The fourth-order valence-electron chi connectivity index (χ4n) is 2.32. The summed E-state index contributed by atoms with van der Waals surface area (Å²) in [5, 5.41) is 9.42. The van der Waals surface area contributed by atoms with Crippen molar-refractivity contribution < 1.29 is 19.0 Å². The van der Waals surface area contributed by atoms with Crippen LogP contribution in [0.4, 0.5) is 0 Å². The smallest absolute Gasteiger partial charge is 0.231 e. The number of para-hydroxylation sites is 1. The fraction of sp³-hybridized carbons (Fsp3) is 0.111. The quantitative estimate of drug-likeness (QED) is 0.452. The highest BCUT2D eigenvalue weighted by Crippen LogP contribution is 2.38. The SMILES string of the molecule is COc1ccccc1C(=O)/C(C#N)=C/c1cc2c(cc1Br)OCO2. The van der Waals surface area contributed by atoms with Crippen molar-refractivity contribution in [1.29, 1.82) is 5.26 Å². The van der Waals surface area contributed by atoms with Gasteiger partial charge in [0.15, 0.2) is 11.5 Å². The van der Waals surface area contributed by atoms with Gasteiger partial charge in [-0.2, -0.15) is 5.26 Å². The molecule has 1 aliphatic rings. The number of rotatable bonds is 4. The zero-order chi connectivity index (χ0) is 17.1. The van der Waals surface area contributed by atoms with Crippen LogP contribution in [-0.4, -0.2) is 19.7 Å². The largest absolute Gasteiger partial charge is 0.496 e.